The fourth-order valence-electron chi connectivity index (χ4n) is 5.35. The Kier molecular flexibility index (Phi) is 12.3. The molecule has 2 aromatic rings. The topological polar surface area (TPSA) is 72.6 Å². The Morgan fingerprint density at radius 2 is 1.54 bits per heavy atom. The molecule has 0 aliphatic heterocycles. The average Bonchev–Trinajstić information content (AvgIpc) is 2.87. The van der Waals surface area contributed by atoms with Crippen molar-refractivity contribution in [2.45, 2.75) is 95.9 Å². The lowest BCUT2D eigenvalue weighted by molar-refractivity contribution is 0.209. The van der Waals surface area contributed by atoms with Crippen molar-refractivity contribution in [3.05, 3.63) is 59.7 Å². The van der Waals surface area contributed by atoms with E-state index in [2.05, 4.69) is 65.2 Å². The summed E-state index contributed by atoms with van der Waals surface area (Å²) in [7, 11) is -5.90. The van der Waals surface area contributed by atoms with Crippen LogP contribution in [0.1, 0.15) is 72.4 Å². The number of nitrogens with zero attached hydrogens (tertiary/aromatic N) is 1. The smallest absolute Gasteiger partial charge is 0.243 e. The molecule has 2 N–H and O–H groups in total. The minimum atomic E-state index is -3.68. The van der Waals surface area contributed by atoms with Crippen LogP contribution in [0.4, 0.5) is 5.69 Å². The van der Waals surface area contributed by atoms with Gasteiger partial charge in [-0.3, -0.25) is 0 Å². The molecule has 7 heteroatoms. The van der Waals surface area contributed by atoms with Gasteiger partial charge in [-0.05, 0) is 67.6 Å². The van der Waals surface area contributed by atoms with Gasteiger partial charge in [0.15, 0.2) is 0 Å². The van der Waals surface area contributed by atoms with Gasteiger partial charge in [0.05, 0.1) is 11.4 Å². The van der Waals surface area contributed by atoms with Gasteiger partial charge in [0.25, 0.3) is 0 Å². The van der Waals surface area contributed by atoms with Crippen LogP contribution < -0.4 is 5.73 Å². The third-order valence-corrected chi connectivity index (χ3v) is 15.3. The molecular formula is C32H46N2O3SSi. The highest BCUT2D eigenvalue weighted by Gasteiger charge is 2.46. The standard InChI is InChI=1S/C32H46N2O3SSi/c1-9-10-23-34(38(35,36)31-21-17-28(8)18-22-31)24-13-15-30(20-19-29-14-11-12-16-32(29)33)37-39(25(2)3,26(4)5)27(6)7/h11-12,14,16-18,21-22,25-27,30H,13,15,23-24,33H2,1-8H3. The molecule has 0 radical (unpaired) electrons. The summed E-state index contributed by atoms with van der Waals surface area (Å²) in [6, 6.07) is 14.5. The first-order valence-corrected chi connectivity index (χ1v) is 17.4. The molecule has 5 nitrogen and oxygen atoms in total. The third kappa shape index (κ3) is 8.46. The molecule has 0 aliphatic carbocycles. The van der Waals surface area contributed by atoms with Crippen molar-refractivity contribution in [1.29, 1.82) is 0 Å². The fourth-order valence-corrected chi connectivity index (χ4v) is 12.2. The molecule has 1 atom stereocenters. The van der Waals surface area contributed by atoms with Crippen LogP contribution in [-0.4, -0.2) is 40.2 Å². The molecule has 0 bridgehead atoms. The number of rotatable bonds is 12. The van der Waals surface area contributed by atoms with Gasteiger partial charge >= 0.3 is 0 Å². The molecule has 0 saturated carbocycles. The fraction of sp³-hybridized carbons (Fsp3) is 0.500. The van der Waals surface area contributed by atoms with Crippen molar-refractivity contribution in [1.82, 2.24) is 4.31 Å². The van der Waals surface area contributed by atoms with Crippen molar-refractivity contribution in [3.8, 4) is 23.7 Å². The summed E-state index contributed by atoms with van der Waals surface area (Å²) in [6.07, 6.45) is 0.878. The van der Waals surface area contributed by atoms with Crippen molar-refractivity contribution >= 4 is 24.0 Å². The van der Waals surface area contributed by atoms with Gasteiger partial charge in [0, 0.05) is 17.8 Å². The van der Waals surface area contributed by atoms with Gasteiger partial charge in [0.2, 0.25) is 18.3 Å². The molecule has 1 unspecified atom stereocenters. The Bertz CT molecular complexity index is 1270. The van der Waals surface area contributed by atoms with Gasteiger partial charge in [-0.15, -0.1) is 5.92 Å². The minimum absolute atomic E-state index is 0.146. The molecule has 2 aromatic carbocycles. The van der Waals surface area contributed by atoms with Crippen LogP contribution in [0.15, 0.2) is 53.4 Å². The maximum Gasteiger partial charge on any atom is 0.243 e. The zero-order valence-corrected chi connectivity index (χ0v) is 26.7. The summed E-state index contributed by atoms with van der Waals surface area (Å²) in [5.41, 5.74) is 9.80. The second kappa shape index (κ2) is 14.7. The molecule has 212 valence electrons. The number of nitrogens with two attached hydrogens (primary N) is 1. The highest BCUT2D eigenvalue weighted by Crippen LogP contribution is 2.43. The summed E-state index contributed by atoms with van der Waals surface area (Å²) in [5, 5.41) is 0. The first-order valence-electron chi connectivity index (χ1n) is 13.9. The highest BCUT2D eigenvalue weighted by molar-refractivity contribution is 7.89. The zero-order valence-electron chi connectivity index (χ0n) is 24.9. The molecular weight excluding hydrogens is 521 g/mol. The van der Waals surface area contributed by atoms with Gasteiger partial charge < -0.3 is 10.2 Å². The third-order valence-electron chi connectivity index (χ3n) is 7.35. The lowest BCUT2D eigenvalue weighted by atomic mass is 10.1. The maximum atomic E-state index is 13.5. The summed E-state index contributed by atoms with van der Waals surface area (Å²) >= 11 is 0. The number of hydrogen-bond acceptors (Lipinski definition) is 4. The number of aryl methyl sites for hydroxylation is 1. The van der Waals surface area contributed by atoms with Gasteiger partial charge in [-0.2, -0.15) is 4.31 Å². The van der Waals surface area contributed by atoms with Crippen molar-refractivity contribution in [2.24, 2.45) is 0 Å². The van der Waals surface area contributed by atoms with Gasteiger partial charge in [-0.1, -0.05) is 89.1 Å². The van der Waals surface area contributed by atoms with Crippen LogP contribution >= 0.6 is 0 Å². The summed E-state index contributed by atoms with van der Waals surface area (Å²) in [4.78, 5) is 0.281. The van der Waals surface area contributed by atoms with Crippen LogP contribution in [0.25, 0.3) is 0 Å². The Hall–Kier alpha value is -2.55. The van der Waals surface area contributed by atoms with Gasteiger partial charge in [0.1, 0.15) is 6.10 Å². The predicted molar refractivity (Wildman–Crippen MR) is 166 cm³/mol. The SMILES string of the molecule is CC#CCN(CCCC(C#Cc1ccccc1N)O[Si](C(C)C)(C(C)C)C(C)C)S(=O)(=O)c1ccc(C)cc1. The lowest BCUT2D eigenvalue weighted by Gasteiger charge is -2.43. The quantitative estimate of drug-likeness (QED) is 0.171. The highest BCUT2D eigenvalue weighted by atomic mass is 32.2. The molecule has 39 heavy (non-hydrogen) atoms. The monoisotopic (exact) mass is 566 g/mol. The first-order chi connectivity index (χ1) is 18.4. The summed E-state index contributed by atoms with van der Waals surface area (Å²) < 4.78 is 35.4. The second-order valence-corrected chi connectivity index (χ2v) is 18.3. The van der Waals surface area contributed by atoms with E-state index in [1.807, 2.05) is 43.3 Å². The first kappa shape index (κ1) is 32.7. The lowest BCUT2D eigenvalue weighted by Crippen LogP contribution is -2.50. The van der Waals surface area contributed by atoms with E-state index in [-0.39, 0.29) is 17.5 Å². The molecule has 0 fully saturated rings. The van der Waals surface area contributed by atoms with Crippen LogP contribution in [0.3, 0.4) is 0 Å². The van der Waals surface area contributed by atoms with Crippen molar-refractivity contribution < 1.29 is 12.8 Å². The largest absolute Gasteiger partial charge is 0.402 e. The molecule has 0 heterocycles. The Labute approximate surface area is 238 Å². The number of nitrogen functional groups attached to an aromatic ring is 1. The zero-order chi connectivity index (χ0) is 29.2. The summed E-state index contributed by atoms with van der Waals surface area (Å²) in [5.74, 6) is 12.4. The minimum Gasteiger partial charge on any atom is -0.402 e. The second-order valence-electron chi connectivity index (χ2n) is 11.0. The van der Waals surface area contributed by atoms with E-state index in [9.17, 15) is 8.42 Å². The maximum absolute atomic E-state index is 13.5. The molecule has 0 aliphatic rings. The molecule has 0 saturated heterocycles. The number of anilines is 1. The van der Waals surface area contributed by atoms with E-state index in [1.54, 1.807) is 19.1 Å². The predicted octanol–water partition coefficient (Wildman–Crippen LogP) is 6.98. The van der Waals surface area contributed by atoms with E-state index in [0.29, 0.717) is 41.7 Å². The van der Waals surface area contributed by atoms with Crippen LogP contribution in [-0.2, 0) is 14.4 Å². The normalized spacial score (nSPS) is 12.8. The molecule has 0 spiro atoms. The Balaban J connectivity index is 2.37. The number of hydrogen-bond donors (Lipinski definition) is 1. The van der Waals surface area contributed by atoms with E-state index in [0.717, 1.165) is 11.1 Å². The average molecular weight is 567 g/mol. The van der Waals surface area contributed by atoms with E-state index in [4.69, 9.17) is 10.2 Å². The molecule has 0 amide bonds. The van der Waals surface area contributed by atoms with E-state index in [1.165, 1.54) is 4.31 Å². The summed E-state index contributed by atoms with van der Waals surface area (Å²) in [6.45, 7) is 17.7. The Morgan fingerprint density at radius 3 is 2.08 bits per heavy atom. The number of para-hydroxylation sites is 1. The number of sulfonamides is 1. The number of benzene rings is 2. The van der Waals surface area contributed by atoms with Crippen molar-refractivity contribution in [2.75, 3.05) is 18.8 Å². The van der Waals surface area contributed by atoms with Crippen molar-refractivity contribution in [3.63, 3.8) is 0 Å². The molecule has 2 rings (SSSR count). The van der Waals surface area contributed by atoms with E-state index < -0.39 is 18.3 Å². The van der Waals surface area contributed by atoms with Crippen LogP contribution in [0.2, 0.25) is 16.6 Å². The van der Waals surface area contributed by atoms with Crippen LogP contribution in [0, 0.1) is 30.6 Å². The Morgan fingerprint density at radius 1 is 0.949 bits per heavy atom. The van der Waals surface area contributed by atoms with E-state index >= 15 is 0 Å². The van der Waals surface area contributed by atoms with Crippen LogP contribution in [0.5, 0.6) is 0 Å². The molecule has 0 aromatic heterocycles. The van der Waals surface area contributed by atoms with Gasteiger partial charge in [-0.25, -0.2) is 8.42 Å².